The second-order valence-corrected chi connectivity index (χ2v) is 6.79. The second kappa shape index (κ2) is 8.81. The Morgan fingerprint density at radius 1 is 1.15 bits per heavy atom. The van der Waals surface area contributed by atoms with Gasteiger partial charge in [0.15, 0.2) is 6.61 Å². The van der Waals surface area contributed by atoms with Gasteiger partial charge in [-0.15, -0.1) is 0 Å². The van der Waals surface area contributed by atoms with E-state index in [1.807, 2.05) is 0 Å². The van der Waals surface area contributed by atoms with E-state index in [1.54, 1.807) is 0 Å². The Labute approximate surface area is 154 Å². The third kappa shape index (κ3) is 5.30. The molecule has 1 N–H and O–H groups in total. The van der Waals surface area contributed by atoms with Crippen molar-refractivity contribution >= 4 is 5.91 Å². The molecule has 4 nitrogen and oxygen atoms in total. The summed E-state index contributed by atoms with van der Waals surface area (Å²) in [4.78, 5) is 14.5. The van der Waals surface area contributed by atoms with Crippen molar-refractivity contribution in [2.75, 3.05) is 19.7 Å². The van der Waals surface area contributed by atoms with E-state index in [0.29, 0.717) is 5.75 Å². The Morgan fingerprint density at radius 3 is 2.54 bits per heavy atom. The fourth-order valence-electron chi connectivity index (χ4n) is 3.21. The summed E-state index contributed by atoms with van der Waals surface area (Å²) in [6, 6.07) is 14.3. The maximum atomic E-state index is 12.8. The minimum absolute atomic E-state index is 0.0466. The van der Waals surface area contributed by atoms with Crippen LogP contribution in [0.1, 0.15) is 24.0 Å². The van der Waals surface area contributed by atoms with Crippen LogP contribution in [0.5, 0.6) is 5.75 Å². The monoisotopic (exact) mass is 356 g/mol. The lowest BCUT2D eigenvalue weighted by atomic mass is 10.0. The number of nitrogens with zero attached hydrogens (tertiary/aromatic N) is 1. The average molecular weight is 356 g/mol. The molecule has 0 saturated carbocycles. The van der Waals surface area contributed by atoms with Crippen LogP contribution in [0.25, 0.3) is 0 Å². The molecule has 138 valence electrons. The normalized spacial score (nSPS) is 15.6. The Bertz CT molecular complexity index is 725. The first-order valence-corrected chi connectivity index (χ1v) is 9.05. The van der Waals surface area contributed by atoms with Gasteiger partial charge >= 0.3 is 0 Å². The molecule has 3 rings (SSSR count). The van der Waals surface area contributed by atoms with Gasteiger partial charge < -0.3 is 10.1 Å². The minimum Gasteiger partial charge on any atom is -0.484 e. The van der Waals surface area contributed by atoms with Crippen LogP contribution in [0.2, 0.25) is 0 Å². The molecule has 26 heavy (non-hydrogen) atoms. The Hall–Kier alpha value is -2.40. The molecule has 1 saturated heterocycles. The first-order chi connectivity index (χ1) is 12.6. The number of likely N-dealkylation sites (tertiary alicyclic amines) is 1. The third-order valence-electron chi connectivity index (χ3n) is 4.79. The van der Waals surface area contributed by atoms with E-state index in [1.165, 1.54) is 35.4 Å². The number of amides is 1. The molecule has 0 aliphatic carbocycles. The zero-order valence-corrected chi connectivity index (χ0v) is 15.1. The predicted octanol–water partition coefficient (Wildman–Crippen LogP) is 3.29. The predicted molar refractivity (Wildman–Crippen MR) is 99.5 cm³/mol. The van der Waals surface area contributed by atoms with Gasteiger partial charge in [-0.2, -0.15) is 0 Å². The minimum atomic E-state index is -0.320. The number of nitrogens with one attached hydrogen (secondary N) is 1. The van der Waals surface area contributed by atoms with Crippen LogP contribution >= 0.6 is 0 Å². The highest BCUT2D eigenvalue weighted by Gasteiger charge is 2.21. The molecule has 0 bridgehead atoms. The number of ether oxygens (including phenoxy) is 1. The molecule has 0 radical (unpaired) electrons. The Kier molecular flexibility index (Phi) is 6.23. The smallest absolute Gasteiger partial charge is 0.258 e. The highest BCUT2D eigenvalue weighted by molar-refractivity contribution is 5.77. The second-order valence-electron chi connectivity index (χ2n) is 6.79. The van der Waals surface area contributed by atoms with E-state index in [4.69, 9.17) is 4.74 Å². The fourth-order valence-corrected chi connectivity index (χ4v) is 3.21. The van der Waals surface area contributed by atoms with Gasteiger partial charge in [-0.3, -0.25) is 9.69 Å². The maximum absolute atomic E-state index is 12.8. The molecule has 0 atom stereocenters. The third-order valence-corrected chi connectivity index (χ3v) is 4.79. The van der Waals surface area contributed by atoms with Crippen LogP contribution in [0.4, 0.5) is 4.39 Å². The van der Waals surface area contributed by atoms with Crippen molar-refractivity contribution in [2.45, 2.75) is 32.4 Å². The van der Waals surface area contributed by atoms with Crippen LogP contribution in [0.15, 0.2) is 48.5 Å². The average Bonchev–Trinajstić information content (AvgIpc) is 2.65. The van der Waals surface area contributed by atoms with Crippen molar-refractivity contribution in [2.24, 2.45) is 0 Å². The number of aryl methyl sites for hydroxylation is 1. The zero-order chi connectivity index (χ0) is 18.4. The van der Waals surface area contributed by atoms with E-state index in [2.05, 4.69) is 41.4 Å². The maximum Gasteiger partial charge on any atom is 0.258 e. The van der Waals surface area contributed by atoms with E-state index in [9.17, 15) is 9.18 Å². The largest absolute Gasteiger partial charge is 0.484 e. The topological polar surface area (TPSA) is 41.6 Å². The van der Waals surface area contributed by atoms with Crippen LogP contribution in [0.3, 0.4) is 0 Å². The molecule has 1 aliphatic rings. The molecule has 0 aromatic heterocycles. The molecule has 1 heterocycles. The van der Waals surface area contributed by atoms with Crippen molar-refractivity contribution < 1.29 is 13.9 Å². The van der Waals surface area contributed by atoms with Gasteiger partial charge in [-0.25, -0.2) is 4.39 Å². The number of halogens is 1. The lowest BCUT2D eigenvalue weighted by molar-refractivity contribution is -0.124. The number of hydrogen-bond donors (Lipinski definition) is 1. The van der Waals surface area contributed by atoms with Crippen LogP contribution in [-0.2, 0) is 11.3 Å². The van der Waals surface area contributed by atoms with Gasteiger partial charge in [0.05, 0.1) is 0 Å². The molecule has 5 heteroatoms. The van der Waals surface area contributed by atoms with Crippen LogP contribution < -0.4 is 10.1 Å². The number of hydrogen-bond acceptors (Lipinski definition) is 3. The summed E-state index contributed by atoms with van der Waals surface area (Å²) in [5, 5.41) is 3.03. The van der Waals surface area contributed by atoms with Crippen molar-refractivity contribution in [1.82, 2.24) is 10.2 Å². The summed E-state index contributed by atoms with van der Waals surface area (Å²) in [7, 11) is 0. The number of piperidine rings is 1. The summed E-state index contributed by atoms with van der Waals surface area (Å²) in [6.07, 6.45) is 1.88. The van der Waals surface area contributed by atoms with Crippen molar-refractivity contribution in [3.63, 3.8) is 0 Å². The van der Waals surface area contributed by atoms with Crippen molar-refractivity contribution in [3.05, 3.63) is 65.5 Å². The number of carbonyl (C=O) groups is 1. The lowest BCUT2D eigenvalue weighted by Crippen LogP contribution is -2.45. The summed E-state index contributed by atoms with van der Waals surface area (Å²) in [5.74, 6) is 0.0422. The Balaban J connectivity index is 1.38. The molecule has 2 aromatic carbocycles. The standard InChI is InChI=1S/C21H25FN2O2/c1-16-4-2-3-5-17(16)14-24-12-10-19(11-13-24)23-21(25)15-26-20-8-6-18(22)7-9-20/h2-9,19H,10-15H2,1H3,(H,23,25). The van der Waals surface area contributed by atoms with Gasteiger partial charge in [0.1, 0.15) is 11.6 Å². The molecule has 1 fully saturated rings. The summed E-state index contributed by atoms with van der Waals surface area (Å²) in [5.41, 5.74) is 2.68. The quantitative estimate of drug-likeness (QED) is 0.864. The SMILES string of the molecule is Cc1ccccc1CN1CCC(NC(=O)COc2ccc(F)cc2)CC1. The number of benzene rings is 2. The zero-order valence-electron chi connectivity index (χ0n) is 15.1. The van der Waals surface area contributed by atoms with E-state index < -0.39 is 0 Å². The first-order valence-electron chi connectivity index (χ1n) is 9.05. The Morgan fingerprint density at radius 2 is 1.85 bits per heavy atom. The van der Waals surface area contributed by atoms with E-state index in [0.717, 1.165) is 32.5 Å². The van der Waals surface area contributed by atoms with E-state index >= 15 is 0 Å². The highest BCUT2D eigenvalue weighted by Crippen LogP contribution is 2.16. The fraction of sp³-hybridized carbons (Fsp3) is 0.381. The molecular weight excluding hydrogens is 331 g/mol. The summed E-state index contributed by atoms with van der Waals surface area (Å²) < 4.78 is 18.2. The van der Waals surface area contributed by atoms with Crippen LogP contribution in [-0.4, -0.2) is 36.5 Å². The molecule has 1 amide bonds. The van der Waals surface area contributed by atoms with E-state index in [-0.39, 0.29) is 24.4 Å². The highest BCUT2D eigenvalue weighted by atomic mass is 19.1. The van der Waals surface area contributed by atoms with Gasteiger partial charge in [0, 0.05) is 25.7 Å². The summed E-state index contributed by atoms with van der Waals surface area (Å²) >= 11 is 0. The molecule has 0 unspecified atom stereocenters. The lowest BCUT2D eigenvalue weighted by Gasteiger charge is -2.32. The first kappa shape index (κ1) is 18.4. The summed E-state index contributed by atoms with van der Waals surface area (Å²) in [6.45, 7) is 5.00. The van der Waals surface area contributed by atoms with Gasteiger partial charge in [-0.05, 0) is 55.2 Å². The van der Waals surface area contributed by atoms with Gasteiger partial charge in [0.25, 0.3) is 5.91 Å². The van der Waals surface area contributed by atoms with Crippen LogP contribution in [0, 0.1) is 12.7 Å². The number of rotatable bonds is 6. The molecular formula is C21H25FN2O2. The van der Waals surface area contributed by atoms with Crippen molar-refractivity contribution in [1.29, 1.82) is 0 Å². The van der Waals surface area contributed by atoms with Crippen molar-refractivity contribution in [3.8, 4) is 5.75 Å². The van der Waals surface area contributed by atoms with Gasteiger partial charge in [-0.1, -0.05) is 24.3 Å². The molecule has 0 spiro atoms. The molecule has 1 aliphatic heterocycles. The number of carbonyl (C=O) groups excluding carboxylic acids is 1. The molecule has 2 aromatic rings. The van der Waals surface area contributed by atoms with Gasteiger partial charge in [0.2, 0.25) is 0 Å².